The second kappa shape index (κ2) is 5.08. The molecule has 1 amide bonds. The van der Waals surface area contributed by atoms with Crippen molar-refractivity contribution in [2.24, 2.45) is 0 Å². The summed E-state index contributed by atoms with van der Waals surface area (Å²) in [4.78, 5) is 24.8. The molecule has 0 radical (unpaired) electrons. The minimum Gasteiger partial charge on any atom is -0.496 e. The van der Waals surface area contributed by atoms with Crippen molar-refractivity contribution in [3.8, 4) is 5.75 Å². The zero-order valence-electron chi connectivity index (χ0n) is 10.4. The Kier molecular flexibility index (Phi) is 3.50. The number of cyclic esters (lactones) is 1. The third kappa shape index (κ3) is 2.45. The minimum absolute atomic E-state index is 0.0260. The normalized spacial score (nSPS) is 14.6. The number of carbonyl (C=O) groups excluding carboxylic acids is 2. The molecule has 18 heavy (non-hydrogen) atoms. The Morgan fingerprint density at radius 1 is 1.50 bits per heavy atom. The van der Waals surface area contributed by atoms with E-state index in [4.69, 9.17) is 9.47 Å². The first-order valence-corrected chi connectivity index (χ1v) is 5.71. The molecular formula is C13H15NO4. The van der Waals surface area contributed by atoms with Crippen molar-refractivity contribution in [1.82, 2.24) is 4.90 Å². The minimum atomic E-state index is -0.436. The maximum atomic E-state index is 12.1. The van der Waals surface area contributed by atoms with E-state index in [0.717, 1.165) is 5.56 Å². The molecule has 0 aromatic heterocycles. The SMILES string of the molecule is COc1cc(C)ccc1C(=O)CN1CCOC1=O. The van der Waals surface area contributed by atoms with Gasteiger partial charge in [-0.05, 0) is 24.6 Å². The van der Waals surface area contributed by atoms with E-state index in [2.05, 4.69) is 0 Å². The summed E-state index contributed by atoms with van der Waals surface area (Å²) >= 11 is 0. The first kappa shape index (κ1) is 12.4. The fourth-order valence-corrected chi connectivity index (χ4v) is 1.86. The van der Waals surface area contributed by atoms with E-state index in [-0.39, 0.29) is 12.3 Å². The number of Topliss-reactive ketones (excluding diaryl/α,β-unsaturated/α-hetero) is 1. The van der Waals surface area contributed by atoms with Gasteiger partial charge in [-0.2, -0.15) is 0 Å². The molecule has 1 aromatic rings. The summed E-state index contributed by atoms with van der Waals surface area (Å²) in [5, 5.41) is 0. The van der Waals surface area contributed by atoms with Crippen molar-refractivity contribution in [3.63, 3.8) is 0 Å². The van der Waals surface area contributed by atoms with Gasteiger partial charge in [-0.1, -0.05) is 6.07 Å². The van der Waals surface area contributed by atoms with Gasteiger partial charge in [-0.25, -0.2) is 4.79 Å². The molecule has 1 heterocycles. The Bertz CT molecular complexity index is 484. The van der Waals surface area contributed by atoms with E-state index >= 15 is 0 Å². The highest BCUT2D eigenvalue weighted by Gasteiger charge is 2.25. The van der Waals surface area contributed by atoms with Crippen LogP contribution in [0.2, 0.25) is 0 Å². The fraction of sp³-hybridized carbons (Fsp3) is 0.385. The van der Waals surface area contributed by atoms with Crippen molar-refractivity contribution in [3.05, 3.63) is 29.3 Å². The van der Waals surface area contributed by atoms with E-state index in [1.54, 1.807) is 12.1 Å². The Morgan fingerprint density at radius 3 is 2.89 bits per heavy atom. The molecule has 1 fully saturated rings. The maximum Gasteiger partial charge on any atom is 0.410 e. The molecule has 1 aliphatic heterocycles. The van der Waals surface area contributed by atoms with Crippen LogP contribution < -0.4 is 4.74 Å². The molecule has 2 rings (SSSR count). The Hall–Kier alpha value is -2.04. The van der Waals surface area contributed by atoms with E-state index in [0.29, 0.717) is 24.5 Å². The predicted molar refractivity (Wildman–Crippen MR) is 65.0 cm³/mol. The molecule has 0 unspecified atom stereocenters. The fourth-order valence-electron chi connectivity index (χ4n) is 1.86. The molecule has 0 aliphatic carbocycles. The van der Waals surface area contributed by atoms with Crippen LogP contribution in [-0.2, 0) is 4.74 Å². The highest BCUT2D eigenvalue weighted by atomic mass is 16.6. The standard InChI is InChI=1S/C13H15NO4/c1-9-3-4-10(12(7-9)17-2)11(15)8-14-5-6-18-13(14)16/h3-4,7H,5-6,8H2,1-2H3. The van der Waals surface area contributed by atoms with Gasteiger partial charge in [-0.3, -0.25) is 9.69 Å². The number of benzene rings is 1. The summed E-state index contributed by atoms with van der Waals surface area (Å²) in [6.45, 7) is 2.75. The van der Waals surface area contributed by atoms with Crippen molar-refractivity contribution in [2.75, 3.05) is 26.8 Å². The summed E-state index contributed by atoms with van der Waals surface area (Å²) in [7, 11) is 1.52. The Morgan fingerprint density at radius 2 is 2.28 bits per heavy atom. The van der Waals surface area contributed by atoms with Gasteiger partial charge in [0.1, 0.15) is 12.4 Å². The molecule has 5 heteroatoms. The largest absolute Gasteiger partial charge is 0.496 e. The number of rotatable bonds is 4. The molecule has 1 aromatic carbocycles. The second-order valence-electron chi connectivity index (χ2n) is 4.16. The topological polar surface area (TPSA) is 55.8 Å². The summed E-state index contributed by atoms with van der Waals surface area (Å²) in [5.74, 6) is 0.387. The molecule has 0 atom stereocenters. The summed E-state index contributed by atoms with van der Waals surface area (Å²) < 4.78 is 9.96. The third-order valence-electron chi connectivity index (χ3n) is 2.84. The summed E-state index contributed by atoms with van der Waals surface area (Å²) in [6.07, 6.45) is -0.436. The van der Waals surface area contributed by atoms with Gasteiger partial charge in [0.15, 0.2) is 5.78 Å². The lowest BCUT2D eigenvalue weighted by atomic mass is 10.1. The lowest BCUT2D eigenvalue weighted by Crippen LogP contribution is -2.30. The van der Waals surface area contributed by atoms with Crippen LogP contribution in [0.25, 0.3) is 0 Å². The van der Waals surface area contributed by atoms with Crippen LogP contribution in [-0.4, -0.2) is 43.6 Å². The molecule has 1 aliphatic rings. The molecule has 5 nitrogen and oxygen atoms in total. The number of methoxy groups -OCH3 is 1. The van der Waals surface area contributed by atoms with Crippen LogP contribution in [0.4, 0.5) is 4.79 Å². The molecule has 1 saturated heterocycles. The number of ether oxygens (including phenoxy) is 2. The van der Waals surface area contributed by atoms with Crippen LogP contribution >= 0.6 is 0 Å². The van der Waals surface area contributed by atoms with Gasteiger partial charge in [-0.15, -0.1) is 0 Å². The van der Waals surface area contributed by atoms with Crippen molar-refractivity contribution in [2.45, 2.75) is 6.92 Å². The van der Waals surface area contributed by atoms with Crippen molar-refractivity contribution >= 4 is 11.9 Å². The van der Waals surface area contributed by atoms with Crippen LogP contribution in [0.1, 0.15) is 15.9 Å². The monoisotopic (exact) mass is 249 g/mol. The number of hydrogen-bond acceptors (Lipinski definition) is 4. The molecular weight excluding hydrogens is 234 g/mol. The summed E-state index contributed by atoms with van der Waals surface area (Å²) in [5.41, 5.74) is 1.51. The predicted octanol–water partition coefficient (Wildman–Crippen LogP) is 1.64. The van der Waals surface area contributed by atoms with Crippen LogP contribution in [0.3, 0.4) is 0 Å². The average Bonchev–Trinajstić information content (AvgIpc) is 2.74. The van der Waals surface area contributed by atoms with Crippen LogP contribution in [0.5, 0.6) is 5.75 Å². The summed E-state index contributed by atoms with van der Waals surface area (Å²) in [6, 6.07) is 5.37. The first-order chi connectivity index (χ1) is 8.61. The van der Waals surface area contributed by atoms with Gasteiger partial charge in [0.05, 0.1) is 25.8 Å². The molecule has 0 bridgehead atoms. The van der Waals surface area contributed by atoms with Gasteiger partial charge < -0.3 is 9.47 Å². The van der Waals surface area contributed by atoms with E-state index in [1.165, 1.54) is 12.0 Å². The van der Waals surface area contributed by atoms with Gasteiger partial charge in [0, 0.05) is 0 Å². The zero-order chi connectivity index (χ0) is 13.1. The lowest BCUT2D eigenvalue weighted by Gasteiger charge is -2.13. The number of ketones is 1. The smallest absolute Gasteiger partial charge is 0.410 e. The van der Waals surface area contributed by atoms with Gasteiger partial charge in [0.2, 0.25) is 0 Å². The van der Waals surface area contributed by atoms with E-state index < -0.39 is 6.09 Å². The maximum absolute atomic E-state index is 12.1. The highest BCUT2D eigenvalue weighted by Crippen LogP contribution is 2.21. The average molecular weight is 249 g/mol. The molecule has 0 N–H and O–H groups in total. The first-order valence-electron chi connectivity index (χ1n) is 5.71. The number of amides is 1. The van der Waals surface area contributed by atoms with Crippen molar-refractivity contribution in [1.29, 1.82) is 0 Å². The Labute approximate surface area is 105 Å². The van der Waals surface area contributed by atoms with E-state index in [9.17, 15) is 9.59 Å². The third-order valence-corrected chi connectivity index (χ3v) is 2.84. The molecule has 0 spiro atoms. The number of carbonyl (C=O) groups is 2. The van der Waals surface area contributed by atoms with Gasteiger partial charge in [0.25, 0.3) is 0 Å². The zero-order valence-corrected chi connectivity index (χ0v) is 10.4. The van der Waals surface area contributed by atoms with Crippen molar-refractivity contribution < 1.29 is 19.1 Å². The quantitative estimate of drug-likeness (QED) is 0.761. The number of aryl methyl sites for hydroxylation is 1. The number of nitrogens with zero attached hydrogens (tertiary/aromatic N) is 1. The van der Waals surface area contributed by atoms with Crippen LogP contribution in [0.15, 0.2) is 18.2 Å². The molecule has 96 valence electrons. The van der Waals surface area contributed by atoms with Gasteiger partial charge >= 0.3 is 6.09 Å². The number of hydrogen-bond donors (Lipinski definition) is 0. The second-order valence-corrected chi connectivity index (χ2v) is 4.16. The van der Waals surface area contributed by atoms with Crippen LogP contribution in [0, 0.1) is 6.92 Å². The highest BCUT2D eigenvalue weighted by molar-refractivity contribution is 6.01. The lowest BCUT2D eigenvalue weighted by molar-refractivity contribution is 0.0940. The Balaban J connectivity index is 2.15. The van der Waals surface area contributed by atoms with E-state index in [1.807, 2.05) is 13.0 Å². The molecule has 0 saturated carbocycles.